The summed E-state index contributed by atoms with van der Waals surface area (Å²) < 4.78 is 5.20. The first-order chi connectivity index (χ1) is 11.2. The maximum Gasteiger partial charge on any atom is 0.227 e. The second-order valence-corrected chi connectivity index (χ2v) is 5.24. The average Bonchev–Trinajstić information content (AvgIpc) is 3.05. The van der Waals surface area contributed by atoms with Crippen LogP contribution in [0.25, 0.3) is 11.4 Å². The van der Waals surface area contributed by atoms with E-state index in [-0.39, 0.29) is 5.91 Å². The van der Waals surface area contributed by atoms with Crippen LogP contribution < -0.4 is 5.32 Å². The highest BCUT2D eigenvalue weighted by atomic mass is 16.5. The molecule has 116 valence electrons. The minimum atomic E-state index is -0.0706. The van der Waals surface area contributed by atoms with Gasteiger partial charge in [-0.3, -0.25) is 4.79 Å². The van der Waals surface area contributed by atoms with Crippen molar-refractivity contribution in [2.45, 2.75) is 19.8 Å². The summed E-state index contributed by atoms with van der Waals surface area (Å²) in [6, 6.07) is 17.3. The van der Waals surface area contributed by atoms with Crippen molar-refractivity contribution >= 4 is 11.6 Å². The van der Waals surface area contributed by atoms with E-state index in [1.54, 1.807) is 0 Å². The van der Waals surface area contributed by atoms with E-state index in [1.165, 1.54) is 0 Å². The third-order valence-electron chi connectivity index (χ3n) is 3.49. The number of aryl methyl sites for hydroxylation is 2. The van der Waals surface area contributed by atoms with Gasteiger partial charge in [-0.05, 0) is 18.6 Å². The minimum Gasteiger partial charge on any atom is -0.339 e. The first-order valence-corrected chi connectivity index (χ1v) is 7.46. The average molecular weight is 307 g/mol. The zero-order valence-electron chi connectivity index (χ0n) is 12.8. The van der Waals surface area contributed by atoms with Crippen LogP contribution >= 0.6 is 0 Å². The van der Waals surface area contributed by atoms with E-state index in [0.29, 0.717) is 24.6 Å². The Balaban J connectivity index is 1.58. The summed E-state index contributed by atoms with van der Waals surface area (Å²) in [6.07, 6.45) is 0.711. The van der Waals surface area contributed by atoms with Gasteiger partial charge in [0.15, 0.2) is 0 Å². The van der Waals surface area contributed by atoms with E-state index in [0.717, 1.165) is 16.8 Å². The fourth-order valence-electron chi connectivity index (χ4n) is 2.21. The molecular weight excluding hydrogens is 290 g/mol. The Morgan fingerprint density at radius 1 is 1.09 bits per heavy atom. The molecule has 0 bridgehead atoms. The van der Waals surface area contributed by atoms with Crippen molar-refractivity contribution in [1.82, 2.24) is 10.1 Å². The summed E-state index contributed by atoms with van der Waals surface area (Å²) in [4.78, 5) is 16.3. The van der Waals surface area contributed by atoms with Crippen LogP contribution in [-0.2, 0) is 11.2 Å². The zero-order valence-corrected chi connectivity index (χ0v) is 12.8. The normalized spacial score (nSPS) is 10.5. The van der Waals surface area contributed by atoms with Gasteiger partial charge in [-0.25, -0.2) is 0 Å². The van der Waals surface area contributed by atoms with E-state index < -0.39 is 0 Å². The molecule has 0 spiro atoms. The highest BCUT2D eigenvalue weighted by Crippen LogP contribution is 2.16. The van der Waals surface area contributed by atoms with Crippen molar-refractivity contribution < 1.29 is 9.32 Å². The molecule has 5 heteroatoms. The van der Waals surface area contributed by atoms with Crippen LogP contribution in [0.2, 0.25) is 0 Å². The van der Waals surface area contributed by atoms with Crippen LogP contribution in [0, 0.1) is 6.92 Å². The molecule has 0 aliphatic rings. The number of benzene rings is 2. The van der Waals surface area contributed by atoms with Crippen molar-refractivity contribution in [1.29, 1.82) is 0 Å². The molecule has 2 aromatic carbocycles. The fourth-order valence-corrected chi connectivity index (χ4v) is 2.21. The number of carbonyl (C=O) groups is 1. The number of para-hydroxylation sites is 1. The van der Waals surface area contributed by atoms with Gasteiger partial charge in [-0.15, -0.1) is 0 Å². The Kier molecular flexibility index (Phi) is 4.47. The number of aromatic nitrogens is 2. The molecule has 0 saturated heterocycles. The van der Waals surface area contributed by atoms with Gasteiger partial charge in [0, 0.05) is 24.1 Å². The number of nitrogens with zero attached hydrogens (tertiary/aromatic N) is 2. The van der Waals surface area contributed by atoms with Crippen molar-refractivity contribution in [3.63, 3.8) is 0 Å². The Morgan fingerprint density at radius 2 is 1.83 bits per heavy atom. The first-order valence-electron chi connectivity index (χ1n) is 7.46. The summed E-state index contributed by atoms with van der Waals surface area (Å²) in [6.45, 7) is 1.96. The topological polar surface area (TPSA) is 68.0 Å². The Morgan fingerprint density at radius 3 is 2.61 bits per heavy atom. The number of hydrogen-bond acceptors (Lipinski definition) is 4. The lowest BCUT2D eigenvalue weighted by Crippen LogP contribution is -2.13. The lowest BCUT2D eigenvalue weighted by Gasteiger charge is -2.06. The SMILES string of the molecule is Cc1ccccc1NC(=O)CCc1nc(-c2ccccc2)no1. The number of anilines is 1. The predicted molar refractivity (Wildman–Crippen MR) is 87.9 cm³/mol. The maximum atomic E-state index is 12.0. The Hall–Kier alpha value is -2.95. The van der Waals surface area contributed by atoms with E-state index in [9.17, 15) is 4.79 Å². The molecule has 0 fully saturated rings. The molecule has 3 aromatic rings. The lowest BCUT2D eigenvalue weighted by atomic mass is 10.2. The van der Waals surface area contributed by atoms with Gasteiger partial charge in [-0.2, -0.15) is 4.98 Å². The summed E-state index contributed by atoms with van der Waals surface area (Å²) in [5.74, 6) is 0.933. The van der Waals surface area contributed by atoms with Gasteiger partial charge in [0.05, 0.1) is 0 Å². The third-order valence-corrected chi connectivity index (χ3v) is 3.49. The molecule has 0 unspecified atom stereocenters. The Bertz CT molecular complexity index is 797. The van der Waals surface area contributed by atoms with Crippen LogP contribution in [-0.4, -0.2) is 16.0 Å². The number of carbonyl (C=O) groups excluding carboxylic acids is 1. The van der Waals surface area contributed by atoms with E-state index >= 15 is 0 Å². The van der Waals surface area contributed by atoms with Gasteiger partial charge in [0.1, 0.15) is 0 Å². The quantitative estimate of drug-likeness (QED) is 0.781. The molecular formula is C18H17N3O2. The molecule has 0 radical (unpaired) electrons. The molecule has 1 amide bonds. The predicted octanol–water partition coefficient (Wildman–Crippen LogP) is 3.62. The van der Waals surface area contributed by atoms with Crippen molar-refractivity contribution in [2.75, 3.05) is 5.32 Å². The van der Waals surface area contributed by atoms with Crippen LogP contribution in [0.1, 0.15) is 17.9 Å². The van der Waals surface area contributed by atoms with Crippen LogP contribution in [0.3, 0.4) is 0 Å². The number of hydrogen-bond donors (Lipinski definition) is 1. The third kappa shape index (κ3) is 3.83. The minimum absolute atomic E-state index is 0.0706. The van der Waals surface area contributed by atoms with Gasteiger partial charge in [0.2, 0.25) is 17.6 Å². The van der Waals surface area contributed by atoms with Gasteiger partial charge < -0.3 is 9.84 Å². The number of nitrogens with one attached hydrogen (secondary N) is 1. The molecule has 23 heavy (non-hydrogen) atoms. The van der Waals surface area contributed by atoms with E-state index in [1.807, 2.05) is 61.5 Å². The van der Waals surface area contributed by atoms with Crippen molar-refractivity contribution in [3.05, 3.63) is 66.1 Å². The molecule has 5 nitrogen and oxygen atoms in total. The summed E-state index contributed by atoms with van der Waals surface area (Å²) in [5, 5.41) is 6.83. The second kappa shape index (κ2) is 6.87. The second-order valence-electron chi connectivity index (χ2n) is 5.24. The summed E-state index contributed by atoms with van der Waals surface area (Å²) in [5.41, 5.74) is 2.75. The number of rotatable bonds is 5. The smallest absolute Gasteiger partial charge is 0.227 e. The number of amides is 1. The molecule has 1 aromatic heterocycles. The van der Waals surface area contributed by atoms with Gasteiger partial charge >= 0.3 is 0 Å². The fraction of sp³-hybridized carbons (Fsp3) is 0.167. The lowest BCUT2D eigenvalue weighted by molar-refractivity contribution is -0.116. The molecule has 0 aliphatic carbocycles. The van der Waals surface area contributed by atoms with E-state index in [4.69, 9.17) is 4.52 Å². The van der Waals surface area contributed by atoms with Gasteiger partial charge in [0.25, 0.3) is 0 Å². The van der Waals surface area contributed by atoms with Crippen molar-refractivity contribution in [3.8, 4) is 11.4 Å². The molecule has 1 N–H and O–H groups in total. The van der Waals surface area contributed by atoms with E-state index in [2.05, 4.69) is 15.5 Å². The Labute approximate surface area is 134 Å². The first kappa shape index (κ1) is 15.0. The molecule has 0 saturated carbocycles. The summed E-state index contributed by atoms with van der Waals surface area (Å²) in [7, 11) is 0. The van der Waals surface area contributed by atoms with Crippen LogP contribution in [0.15, 0.2) is 59.1 Å². The van der Waals surface area contributed by atoms with Gasteiger partial charge in [-0.1, -0.05) is 53.7 Å². The maximum absolute atomic E-state index is 12.0. The largest absolute Gasteiger partial charge is 0.339 e. The van der Waals surface area contributed by atoms with Crippen LogP contribution in [0.5, 0.6) is 0 Å². The highest BCUT2D eigenvalue weighted by molar-refractivity contribution is 5.91. The summed E-state index contributed by atoms with van der Waals surface area (Å²) >= 11 is 0. The highest BCUT2D eigenvalue weighted by Gasteiger charge is 2.11. The molecule has 0 aliphatic heterocycles. The monoisotopic (exact) mass is 307 g/mol. The molecule has 1 heterocycles. The molecule has 0 atom stereocenters. The standard InChI is InChI=1S/C18H17N3O2/c1-13-7-5-6-10-15(13)19-16(22)11-12-17-20-18(21-23-17)14-8-3-2-4-9-14/h2-10H,11-12H2,1H3,(H,19,22). The van der Waals surface area contributed by atoms with Crippen molar-refractivity contribution in [2.24, 2.45) is 0 Å². The van der Waals surface area contributed by atoms with Crippen LogP contribution in [0.4, 0.5) is 5.69 Å². The zero-order chi connectivity index (χ0) is 16.1. The molecule has 3 rings (SSSR count).